The summed E-state index contributed by atoms with van der Waals surface area (Å²) in [6.45, 7) is 0.458. The number of aromatic amines is 1. The Morgan fingerprint density at radius 2 is 1.82 bits per heavy atom. The molecule has 4 amide bonds. The smallest absolute Gasteiger partial charge is 0.408 e. The van der Waals surface area contributed by atoms with Crippen LogP contribution in [0.3, 0.4) is 0 Å². The Balaban J connectivity index is 1.38. The van der Waals surface area contributed by atoms with Crippen LogP contribution in [0.15, 0.2) is 51.7 Å². The molecule has 0 radical (unpaired) electrons. The molecule has 0 atom stereocenters. The van der Waals surface area contributed by atoms with Crippen LogP contribution in [-0.2, 0) is 17.9 Å². The zero-order valence-corrected chi connectivity index (χ0v) is 14.7. The van der Waals surface area contributed by atoms with E-state index in [2.05, 4.69) is 15.6 Å². The number of fused-ring (bicyclic) bond motifs is 1. The normalized spacial score (nSPS) is 13.8. The number of benzene rings is 2. The number of urea groups is 1. The van der Waals surface area contributed by atoms with Crippen molar-refractivity contribution < 1.29 is 18.8 Å². The molecular weight excluding hydrogens is 364 g/mol. The van der Waals surface area contributed by atoms with E-state index in [1.807, 2.05) is 0 Å². The maximum absolute atomic E-state index is 12.3. The van der Waals surface area contributed by atoms with Crippen molar-refractivity contribution in [3.8, 4) is 0 Å². The van der Waals surface area contributed by atoms with Gasteiger partial charge in [-0.2, -0.15) is 0 Å². The van der Waals surface area contributed by atoms with Crippen molar-refractivity contribution in [3.63, 3.8) is 0 Å². The van der Waals surface area contributed by atoms with Gasteiger partial charge < -0.3 is 15.1 Å². The van der Waals surface area contributed by atoms with Crippen LogP contribution in [0, 0.1) is 0 Å². The highest BCUT2D eigenvalue weighted by Crippen LogP contribution is 2.13. The van der Waals surface area contributed by atoms with Crippen molar-refractivity contribution in [2.45, 2.75) is 13.1 Å². The van der Waals surface area contributed by atoms with Crippen LogP contribution >= 0.6 is 0 Å². The van der Waals surface area contributed by atoms with Crippen LogP contribution in [-0.4, -0.2) is 34.3 Å². The number of hydrogen-bond acceptors (Lipinski definition) is 5. The lowest BCUT2D eigenvalue weighted by Crippen LogP contribution is -2.30. The number of carbonyl (C=O) groups excluding carboxylic acids is 3. The van der Waals surface area contributed by atoms with Crippen LogP contribution in [0.5, 0.6) is 0 Å². The van der Waals surface area contributed by atoms with E-state index in [1.165, 1.54) is 0 Å². The predicted molar refractivity (Wildman–Crippen MR) is 98.4 cm³/mol. The number of H-pyrrole nitrogens is 1. The van der Waals surface area contributed by atoms with Gasteiger partial charge in [0.15, 0.2) is 5.58 Å². The number of carbonyl (C=O) groups is 3. The SMILES string of the molecule is O=C(NCc1ccc2oc(=O)[nH]c2c1)c1ccc(CN2C(=O)CNC2=O)cc1. The number of rotatable bonds is 5. The molecule has 9 nitrogen and oxygen atoms in total. The number of oxazole rings is 1. The summed E-state index contributed by atoms with van der Waals surface area (Å²) in [6, 6.07) is 11.4. The largest absolute Gasteiger partial charge is 0.417 e. The first-order chi connectivity index (χ1) is 13.5. The summed E-state index contributed by atoms with van der Waals surface area (Å²) in [7, 11) is 0. The highest BCUT2D eigenvalue weighted by Gasteiger charge is 2.28. The Kier molecular flexibility index (Phi) is 4.40. The van der Waals surface area contributed by atoms with E-state index in [9.17, 15) is 19.2 Å². The molecule has 1 aromatic heterocycles. The Labute approximate surface area is 158 Å². The van der Waals surface area contributed by atoms with Crippen molar-refractivity contribution in [1.29, 1.82) is 0 Å². The third kappa shape index (κ3) is 3.50. The van der Waals surface area contributed by atoms with Crippen LogP contribution in [0.25, 0.3) is 11.1 Å². The van der Waals surface area contributed by atoms with Gasteiger partial charge in [-0.3, -0.25) is 19.5 Å². The lowest BCUT2D eigenvalue weighted by molar-refractivity contribution is -0.125. The van der Waals surface area contributed by atoms with Gasteiger partial charge in [-0.25, -0.2) is 9.59 Å². The second-order valence-corrected chi connectivity index (χ2v) is 6.36. The van der Waals surface area contributed by atoms with Crippen molar-refractivity contribution in [1.82, 2.24) is 20.5 Å². The van der Waals surface area contributed by atoms with Crippen LogP contribution in [0.4, 0.5) is 4.79 Å². The highest BCUT2D eigenvalue weighted by molar-refractivity contribution is 6.01. The van der Waals surface area contributed by atoms with Crippen molar-refractivity contribution >= 4 is 28.9 Å². The molecule has 2 aromatic carbocycles. The lowest BCUT2D eigenvalue weighted by atomic mass is 10.1. The maximum Gasteiger partial charge on any atom is 0.417 e. The monoisotopic (exact) mass is 380 g/mol. The average molecular weight is 380 g/mol. The second-order valence-electron chi connectivity index (χ2n) is 6.36. The van der Waals surface area contributed by atoms with E-state index in [1.54, 1.807) is 42.5 Å². The molecule has 28 heavy (non-hydrogen) atoms. The summed E-state index contributed by atoms with van der Waals surface area (Å²) in [6.07, 6.45) is 0. The van der Waals surface area contributed by atoms with Gasteiger partial charge in [-0.05, 0) is 35.4 Å². The maximum atomic E-state index is 12.3. The molecule has 0 bridgehead atoms. The van der Waals surface area contributed by atoms with Gasteiger partial charge in [0.2, 0.25) is 5.91 Å². The molecule has 3 N–H and O–H groups in total. The molecule has 3 aromatic rings. The molecule has 0 aliphatic carbocycles. The fraction of sp³-hybridized carbons (Fsp3) is 0.158. The van der Waals surface area contributed by atoms with Gasteiger partial charge in [-0.15, -0.1) is 0 Å². The fourth-order valence-electron chi connectivity index (χ4n) is 2.95. The summed E-state index contributed by atoms with van der Waals surface area (Å²) < 4.78 is 4.94. The number of aromatic nitrogens is 1. The third-order valence-electron chi connectivity index (χ3n) is 4.43. The standard InChI is InChI=1S/C19H16N4O5/c24-16-9-21-18(26)23(16)10-11-1-4-13(5-2-11)17(25)20-8-12-3-6-15-14(7-12)22-19(27)28-15/h1-7H,8-10H2,(H,20,25)(H,21,26)(H,22,27). The molecule has 0 unspecified atom stereocenters. The van der Waals surface area contributed by atoms with Gasteiger partial charge in [-0.1, -0.05) is 18.2 Å². The van der Waals surface area contributed by atoms with Crippen LogP contribution in [0.1, 0.15) is 21.5 Å². The minimum absolute atomic E-state index is 0.0117. The topological polar surface area (TPSA) is 125 Å². The zero-order chi connectivity index (χ0) is 19.7. The molecule has 9 heteroatoms. The number of nitrogens with zero attached hydrogens (tertiary/aromatic N) is 1. The highest BCUT2D eigenvalue weighted by atomic mass is 16.4. The quantitative estimate of drug-likeness (QED) is 0.572. The minimum atomic E-state index is -0.524. The van der Waals surface area contributed by atoms with Gasteiger partial charge >= 0.3 is 11.8 Å². The third-order valence-corrected chi connectivity index (χ3v) is 4.43. The first-order valence-corrected chi connectivity index (χ1v) is 8.57. The Morgan fingerprint density at radius 1 is 1.07 bits per heavy atom. The van der Waals surface area contributed by atoms with E-state index >= 15 is 0 Å². The lowest BCUT2D eigenvalue weighted by Gasteiger charge is -2.12. The van der Waals surface area contributed by atoms with E-state index < -0.39 is 11.8 Å². The predicted octanol–water partition coefficient (Wildman–Crippen LogP) is 1.10. The van der Waals surface area contributed by atoms with Gasteiger partial charge in [0.1, 0.15) is 0 Å². The molecule has 142 valence electrons. The van der Waals surface area contributed by atoms with Crippen LogP contribution < -0.4 is 16.4 Å². The minimum Gasteiger partial charge on any atom is -0.408 e. The van der Waals surface area contributed by atoms with E-state index in [4.69, 9.17) is 4.42 Å². The molecule has 0 saturated carbocycles. The van der Waals surface area contributed by atoms with Crippen molar-refractivity contribution in [3.05, 3.63) is 69.7 Å². The summed E-state index contributed by atoms with van der Waals surface area (Å²) in [5, 5.41) is 5.27. The summed E-state index contributed by atoms with van der Waals surface area (Å²) in [5.41, 5.74) is 3.05. The zero-order valence-electron chi connectivity index (χ0n) is 14.7. The van der Waals surface area contributed by atoms with Gasteiger partial charge in [0.25, 0.3) is 5.91 Å². The first-order valence-electron chi connectivity index (χ1n) is 8.57. The number of hydrogen-bond donors (Lipinski definition) is 3. The fourth-order valence-corrected chi connectivity index (χ4v) is 2.95. The number of imide groups is 1. The van der Waals surface area contributed by atoms with Crippen LogP contribution in [0.2, 0.25) is 0 Å². The van der Waals surface area contributed by atoms with Crippen molar-refractivity contribution in [2.24, 2.45) is 0 Å². The first kappa shape index (κ1) is 17.5. The summed E-state index contributed by atoms with van der Waals surface area (Å²) in [5.74, 6) is -1.06. The molecule has 1 fully saturated rings. The molecule has 0 spiro atoms. The van der Waals surface area contributed by atoms with E-state index in [0.29, 0.717) is 16.7 Å². The summed E-state index contributed by atoms with van der Waals surface area (Å²) in [4.78, 5) is 50.4. The van der Waals surface area contributed by atoms with E-state index in [-0.39, 0.29) is 31.4 Å². The average Bonchev–Trinajstić information content (AvgIpc) is 3.22. The molecular formula is C19H16N4O5. The van der Waals surface area contributed by atoms with Crippen molar-refractivity contribution in [2.75, 3.05) is 6.54 Å². The van der Waals surface area contributed by atoms with Gasteiger partial charge in [0.05, 0.1) is 18.6 Å². The Bertz CT molecular complexity index is 1110. The number of amides is 4. The number of nitrogens with one attached hydrogen (secondary N) is 3. The Hall–Kier alpha value is -3.88. The molecule has 1 saturated heterocycles. The molecule has 2 heterocycles. The molecule has 1 aliphatic rings. The van der Waals surface area contributed by atoms with E-state index in [0.717, 1.165) is 16.0 Å². The summed E-state index contributed by atoms with van der Waals surface area (Å²) >= 11 is 0. The second kappa shape index (κ2) is 7.03. The molecule has 4 rings (SSSR count). The molecule has 1 aliphatic heterocycles. The van der Waals surface area contributed by atoms with Gasteiger partial charge in [0, 0.05) is 12.1 Å². The Morgan fingerprint density at radius 3 is 2.54 bits per heavy atom.